The average Bonchev–Trinajstić information content (AvgIpc) is 3.59. The van der Waals surface area contributed by atoms with Gasteiger partial charge in [0.1, 0.15) is 28.6 Å². The minimum absolute atomic E-state index is 0.158. The summed E-state index contributed by atoms with van der Waals surface area (Å²) in [6.07, 6.45) is 4.92. The molecular formula is C29H31N3O4. The van der Waals surface area contributed by atoms with Crippen molar-refractivity contribution in [3.8, 4) is 22.8 Å². The average molecular weight is 486 g/mol. The first kappa shape index (κ1) is 23.7. The summed E-state index contributed by atoms with van der Waals surface area (Å²) in [6.45, 7) is 7.01. The van der Waals surface area contributed by atoms with E-state index in [-0.39, 0.29) is 11.7 Å². The number of ether oxygens (including phenoxy) is 1. The van der Waals surface area contributed by atoms with E-state index >= 15 is 0 Å². The van der Waals surface area contributed by atoms with Gasteiger partial charge in [0.05, 0.1) is 25.5 Å². The van der Waals surface area contributed by atoms with Gasteiger partial charge in [-0.15, -0.1) is 0 Å². The Bertz CT molecular complexity index is 1360. The van der Waals surface area contributed by atoms with Gasteiger partial charge in [0.2, 0.25) is 0 Å². The zero-order valence-corrected chi connectivity index (χ0v) is 20.9. The number of hydrogen-bond donors (Lipinski definition) is 2. The number of benzene rings is 2. The highest BCUT2D eigenvalue weighted by atomic mass is 16.5. The lowest BCUT2D eigenvalue weighted by Crippen LogP contribution is -2.29. The normalized spacial score (nSPS) is 14.9. The smallest absolute Gasteiger partial charge is 0.273 e. The molecule has 0 saturated heterocycles. The van der Waals surface area contributed by atoms with E-state index in [1.807, 2.05) is 62.4 Å². The summed E-state index contributed by atoms with van der Waals surface area (Å²) in [5, 5.41) is 18.4. The van der Waals surface area contributed by atoms with E-state index in [2.05, 4.69) is 17.1 Å². The lowest BCUT2D eigenvalue weighted by atomic mass is 9.94. The zero-order chi connectivity index (χ0) is 25.2. The van der Waals surface area contributed by atoms with Crippen LogP contribution in [0.4, 0.5) is 0 Å². The molecule has 0 spiro atoms. The summed E-state index contributed by atoms with van der Waals surface area (Å²) in [5.74, 6) is 1.50. The summed E-state index contributed by atoms with van der Waals surface area (Å²) in [7, 11) is 0. The van der Waals surface area contributed by atoms with Crippen LogP contribution >= 0.6 is 0 Å². The van der Waals surface area contributed by atoms with E-state index in [9.17, 15) is 9.90 Å². The number of nitrogens with one attached hydrogen (secondary N) is 1. The molecule has 1 amide bonds. The van der Waals surface area contributed by atoms with E-state index in [1.54, 1.807) is 11.2 Å². The molecule has 4 aromatic rings. The fraction of sp³-hybridized carbons (Fsp3) is 0.310. The van der Waals surface area contributed by atoms with Crippen molar-refractivity contribution in [2.75, 3.05) is 6.61 Å². The molecule has 1 aliphatic rings. The van der Waals surface area contributed by atoms with E-state index in [1.165, 1.54) is 0 Å². The topological polar surface area (TPSA) is 91.6 Å². The maximum absolute atomic E-state index is 13.6. The van der Waals surface area contributed by atoms with Crippen LogP contribution in [0.2, 0.25) is 0 Å². The number of nitrogens with zero attached hydrogens (tertiary/aromatic N) is 2. The predicted octanol–water partition coefficient (Wildman–Crippen LogP) is 6.31. The Morgan fingerprint density at radius 2 is 1.94 bits per heavy atom. The number of phenols is 1. The van der Waals surface area contributed by atoms with Crippen LogP contribution in [0.1, 0.15) is 70.7 Å². The largest absolute Gasteiger partial charge is 0.507 e. The van der Waals surface area contributed by atoms with Crippen molar-refractivity contribution < 1.29 is 19.1 Å². The number of amides is 1. The molecule has 2 aromatic carbocycles. The lowest BCUT2D eigenvalue weighted by molar-refractivity contribution is 0.0717. The molecule has 36 heavy (non-hydrogen) atoms. The maximum atomic E-state index is 13.6. The highest BCUT2D eigenvalue weighted by molar-refractivity contribution is 6.00. The summed E-state index contributed by atoms with van der Waals surface area (Å²) >= 11 is 0. The highest BCUT2D eigenvalue weighted by Crippen LogP contribution is 2.46. The van der Waals surface area contributed by atoms with Crippen molar-refractivity contribution in [1.29, 1.82) is 0 Å². The van der Waals surface area contributed by atoms with E-state index in [4.69, 9.17) is 9.15 Å². The van der Waals surface area contributed by atoms with Crippen molar-refractivity contribution in [2.24, 2.45) is 0 Å². The van der Waals surface area contributed by atoms with Crippen molar-refractivity contribution in [2.45, 2.75) is 52.6 Å². The number of aromatic hydroxyl groups is 1. The van der Waals surface area contributed by atoms with E-state index in [0.29, 0.717) is 35.9 Å². The molecule has 7 heteroatoms. The molecule has 0 radical (unpaired) electrons. The summed E-state index contributed by atoms with van der Waals surface area (Å²) < 4.78 is 11.5. The van der Waals surface area contributed by atoms with Gasteiger partial charge in [0, 0.05) is 11.1 Å². The third-order valence-electron chi connectivity index (χ3n) is 6.68. The number of fused-ring (bicyclic) bond motifs is 1. The second-order valence-electron chi connectivity index (χ2n) is 9.38. The van der Waals surface area contributed by atoms with Gasteiger partial charge < -0.3 is 19.2 Å². The second kappa shape index (κ2) is 9.93. The second-order valence-corrected chi connectivity index (χ2v) is 9.38. The Kier molecular flexibility index (Phi) is 6.55. The quantitative estimate of drug-likeness (QED) is 0.271. The molecule has 0 aliphatic carbocycles. The van der Waals surface area contributed by atoms with E-state index in [0.717, 1.165) is 47.3 Å². The van der Waals surface area contributed by atoms with Crippen LogP contribution in [0.15, 0.2) is 59.2 Å². The fourth-order valence-electron chi connectivity index (χ4n) is 4.91. The number of H-pyrrole nitrogens is 1. The first-order chi connectivity index (χ1) is 17.5. The third-order valence-corrected chi connectivity index (χ3v) is 6.68. The van der Waals surface area contributed by atoms with Gasteiger partial charge in [-0.25, -0.2) is 0 Å². The molecule has 1 atom stereocenters. The Morgan fingerprint density at radius 1 is 1.14 bits per heavy atom. The third kappa shape index (κ3) is 4.37. The lowest BCUT2D eigenvalue weighted by Gasteiger charge is -2.26. The molecule has 7 nitrogen and oxygen atoms in total. The highest BCUT2D eigenvalue weighted by Gasteiger charge is 2.43. The molecule has 186 valence electrons. The summed E-state index contributed by atoms with van der Waals surface area (Å²) in [6, 6.07) is 15.0. The van der Waals surface area contributed by atoms with Gasteiger partial charge in [-0.1, -0.05) is 38.0 Å². The monoisotopic (exact) mass is 485 g/mol. The van der Waals surface area contributed by atoms with Crippen LogP contribution in [0.5, 0.6) is 11.5 Å². The molecule has 2 N–H and O–H groups in total. The summed E-state index contributed by atoms with van der Waals surface area (Å²) in [5.41, 5.74) is 5.08. The van der Waals surface area contributed by atoms with E-state index < -0.39 is 6.04 Å². The zero-order valence-electron chi connectivity index (χ0n) is 20.9. The standard InChI is InChI=1S/C29H31N3O4/c1-4-5-6-13-35-21-11-9-20(10-12-21)27-24-25(23-16-18(2)15-19(3)28(23)33)30-31-26(24)29(34)32(27)17-22-8-7-14-36-22/h7-12,14-16,27,33H,4-6,13,17H2,1-3H3,(H,30,31). The Morgan fingerprint density at radius 3 is 2.67 bits per heavy atom. The van der Waals surface area contributed by atoms with Crippen molar-refractivity contribution in [1.82, 2.24) is 15.1 Å². The van der Waals surface area contributed by atoms with Gasteiger partial charge in [-0.05, 0) is 67.3 Å². The molecule has 2 aromatic heterocycles. The van der Waals surface area contributed by atoms with Crippen molar-refractivity contribution in [3.05, 3.63) is 88.5 Å². The SMILES string of the molecule is CCCCCOc1ccc(C2c3c(-c4cc(C)cc(C)c4O)n[nH]c3C(=O)N2Cc2ccco2)cc1. The molecule has 5 rings (SSSR count). The number of aryl methyl sites for hydroxylation is 2. The molecule has 1 aliphatic heterocycles. The van der Waals surface area contributed by atoms with Crippen LogP contribution < -0.4 is 4.74 Å². The Balaban J connectivity index is 1.56. The number of rotatable bonds is 9. The number of phenolic OH excluding ortho intramolecular Hbond substituents is 1. The van der Waals surface area contributed by atoms with Gasteiger partial charge in [0.25, 0.3) is 5.91 Å². The number of aromatic amines is 1. The van der Waals surface area contributed by atoms with Crippen LogP contribution in [0.25, 0.3) is 11.3 Å². The number of aromatic nitrogens is 2. The first-order valence-electron chi connectivity index (χ1n) is 12.4. The Labute approximate surface area is 210 Å². The van der Waals surface area contributed by atoms with Crippen LogP contribution in [-0.4, -0.2) is 32.7 Å². The van der Waals surface area contributed by atoms with Gasteiger partial charge in [0.15, 0.2) is 0 Å². The molecule has 0 bridgehead atoms. The molecule has 3 heterocycles. The van der Waals surface area contributed by atoms with Crippen LogP contribution in [-0.2, 0) is 6.54 Å². The van der Waals surface area contributed by atoms with Crippen LogP contribution in [0, 0.1) is 13.8 Å². The minimum atomic E-state index is -0.402. The summed E-state index contributed by atoms with van der Waals surface area (Å²) in [4.78, 5) is 15.3. The minimum Gasteiger partial charge on any atom is -0.507 e. The number of carbonyl (C=O) groups is 1. The van der Waals surface area contributed by atoms with Gasteiger partial charge >= 0.3 is 0 Å². The number of carbonyl (C=O) groups excluding carboxylic acids is 1. The van der Waals surface area contributed by atoms with Gasteiger partial charge in [-0.2, -0.15) is 5.10 Å². The van der Waals surface area contributed by atoms with Crippen molar-refractivity contribution in [3.63, 3.8) is 0 Å². The molecule has 0 saturated carbocycles. The first-order valence-corrected chi connectivity index (χ1v) is 12.4. The molecule has 0 fully saturated rings. The number of furan rings is 1. The number of unbranched alkanes of at least 4 members (excludes halogenated alkanes) is 2. The van der Waals surface area contributed by atoms with Gasteiger partial charge in [-0.3, -0.25) is 9.89 Å². The predicted molar refractivity (Wildman–Crippen MR) is 137 cm³/mol. The fourth-order valence-corrected chi connectivity index (χ4v) is 4.91. The molecule has 1 unspecified atom stereocenters. The maximum Gasteiger partial charge on any atom is 0.273 e. The van der Waals surface area contributed by atoms with Crippen molar-refractivity contribution >= 4 is 5.91 Å². The number of hydrogen-bond acceptors (Lipinski definition) is 5. The Hall–Kier alpha value is -4.00. The van der Waals surface area contributed by atoms with Crippen LogP contribution in [0.3, 0.4) is 0 Å². The molecular weight excluding hydrogens is 454 g/mol.